The predicted octanol–water partition coefficient (Wildman–Crippen LogP) is 3.59. The molecule has 2 aromatic rings. The second-order valence-electron chi connectivity index (χ2n) is 4.44. The Morgan fingerprint density at radius 1 is 1.22 bits per heavy atom. The van der Waals surface area contributed by atoms with Crippen molar-refractivity contribution < 1.29 is 0 Å². The van der Waals surface area contributed by atoms with E-state index in [2.05, 4.69) is 15.5 Å². The molecule has 0 spiro atoms. The molecule has 0 amide bonds. The van der Waals surface area contributed by atoms with Crippen molar-refractivity contribution in [2.24, 2.45) is 0 Å². The van der Waals surface area contributed by atoms with Gasteiger partial charge in [0.05, 0.1) is 0 Å². The summed E-state index contributed by atoms with van der Waals surface area (Å²) in [5, 5.41) is 14.2. The maximum Gasteiger partial charge on any atom is 0.159 e. The van der Waals surface area contributed by atoms with Gasteiger partial charge in [-0.25, -0.2) is 0 Å². The SMILES string of the molecule is Clc1nnc(NC2CCCSC2)c2ccccc12. The number of benzene rings is 1. The highest BCUT2D eigenvalue weighted by atomic mass is 35.5. The molecule has 18 heavy (non-hydrogen) atoms. The number of thioether (sulfide) groups is 1. The molecular formula is C13H14ClN3S. The second-order valence-corrected chi connectivity index (χ2v) is 5.95. The Bertz CT molecular complexity index is 555. The minimum absolute atomic E-state index is 0.467. The van der Waals surface area contributed by atoms with Gasteiger partial charge in [-0.05, 0) is 18.6 Å². The molecule has 1 aromatic carbocycles. The van der Waals surface area contributed by atoms with Gasteiger partial charge < -0.3 is 5.32 Å². The van der Waals surface area contributed by atoms with Crippen molar-refractivity contribution in [1.82, 2.24) is 10.2 Å². The van der Waals surface area contributed by atoms with Gasteiger partial charge in [-0.1, -0.05) is 35.9 Å². The van der Waals surface area contributed by atoms with Crippen LogP contribution in [0.15, 0.2) is 24.3 Å². The molecule has 1 unspecified atom stereocenters. The van der Waals surface area contributed by atoms with Crippen LogP contribution in [0.1, 0.15) is 12.8 Å². The van der Waals surface area contributed by atoms with E-state index in [1.165, 1.54) is 18.6 Å². The van der Waals surface area contributed by atoms with Gasteiger partial charge in [0.25, 0.3) is 0 Å². The van der Waals surface area contributed by atoms with Crippen LogP contribution in [0.4, 0.5) is 5.82 Å². The fraction of sp³-hybridized carbons (Fsp3) is 0.385. The number of halogens is 1. The van der Waals surface area contributed by atoms with Crippen LogP contribution < -0.4 is 5.32 Å². The van der Waals surface area contributed by atoms with Crippen LogP contribution in [-0.4, -0.2) is 27.7 Å². The van der Waals surface area contributed by atoms with E-state index in [1.807, 2.05) is 36.0 Å². The van der Waals surface area contributed by atoms with Gasteiger partial charge in [0, 0.05) is 22.6 Å². The van der Waals surface area contributed by atoms with Crippen LogP contribution in [0.5, 0.6) is 0 Å². The Kier molecular flexibility index (Phi) is 3.57. The van der Waals surface area contributed by atoms with E-state index in [9.17, 15) is 0 Å². The van der Waals surface area contributed by atoms with E-state index in [-0.39, 0.29) is 0 Å². The quantitative estimate of drug-likeness (QED) is 0.912. The summed E-state index contributed by atoms with van der Waals surface area (Å²) in [6.07, 6.45) is 2.47. The number of rotatable bonds is 2. The normalized spacial score (nSPS) is 19.9. The molecule has 1 fully saturated rings. The Labute approximate surface area is 115 Å². The first-order valence-corrected chi connectivity index (χ1v) is 7.63. The molecule has 1 aliphatic heterocycles. The van der Waals surface area contributed by atoms with E-state index < -0.39 is 0 Å². The Balaban J connectivity index is 1.94. The Hall–Kier alpha value is -1.00. The summed E-state index contributed by atoms with van der Waals surface area (Å²) in [6, 6.07) is 8.47. The molecule has 94 valence electrons. The van der Waals surface area contributed by atoms with Gasteiger partial charge in [-0.2, -0.15) is 11.8 Å². The Morgan fingerprint density at radius 2 is 2.06 bits per heavy atom. The molecule has 0 bridgehead atoms. The highest BCUT2D eigenvalue weighted by Crippen LogP contribution is 2.27. The summed E-state index contributed by atoms with van der Waals surface area (Å²) in [7, 11) is 0. The van der Waals surface area contributed by atoms with Crippen LogP contribution in [0, 0.1) is 0 Å². The molecule has 1 aliphatic rings. The van der Waals surface area contributed by atoms with Gasteiger partial charge in [0.1, 0.15) is 0 Å². The van der Waals surface area contributed by atoms with E-state index in [4.69, 9.17) is 11.6 Å². The minimum Gasteiger partial charge on any atom is -0.365 e. The first-order valence-electron chi connectivity index (χ1n) is 6.10. The first kappa shape index (κ1) is 12.1. The van der Waals surface area contributed by atoms with Gasteiger partial charge in [-0.15, -0.1) is 10.2 Å². The van der Waals surface area contributed by atoms with Crippen LogP contribution >= 0.6 is 23.4 Å². The van der Waals surface area contributed by atoms with E-state index in [1.54, 1.807) is 0 Å². The molecule has 0 aliphatic carbocycles. The van der Waals surface area contributed by atoms with Crippen molar-refractivity contribution >= 4 is 40.0 Å². The Morgan fingerprint density at radius 3 is 2.83 bits per heavy atom. The molecule has 5 heteroatoms. The van der Waals surface area contributed by atoms with Crippen LogP contribution in [0.25, 0.3) is 10.8 Å². The number of anilines is 1. The zero-order valence-electron chi connectivity index (χ0n) is 9.90. The van der Waals surface area contributed by atoms with Crippen molar-refractivity contribution in [3.63, 3.8) is 0 Å². The maximum atomic E-state index is 6.07. The molecule has 1 saturated heterocycles. The second kappa shape index (κ2) is 5.33. The van der Waals surface area contributed by atoms with Crippen molar-refractivity contribution in [1.29, 1.82) is 0 Å². The van der Waals surface area contributed by atoms with Gasteiger partial charge in [0.15, 0.2) is 11.0 Å². The molecule has 1 N–H and O–H groups in total. The summed E-state index contributed by atoms with van der Waals surface area (Å²) in [4.78, 5) is 0. The third-order valence-electron chi connectivity index (χ3n) is 3.14. The van der Waals surface area contributed by atoms with Crippen LogP contribution in [0.2, 0.25) is 5.15 Å². The van der Waals surface area contributed by atoms with Crippen molar-refractivity contribution in [2.75, 3.05) is 16.8 Å². The first-order chi connectivity index (χ1) is 8.84. The van der Waals surface area contributed by atoms with Crippen molar-refractivity contribution in [2.45, 2.75) is 18.9 Å². The van der Waals surface area contributed by atoms with Gasteiger partial charge in [0.2, 0.25) is 0 Å². The monoisotopic (exact) mass is 279 g/mol. The molecule has 0 radical (unpaired) electrons. The largest absolute Gasteiger partial charge is 0.365 e. The smallest absolute Gasteiger partial charge is 0.159 e. The van der Waals surface area contributed by atoms with Crippen LogP contribution in [-0.2, 0) is 0 Å². The summed E-state index contributed by atoms with van der Waals surface area (Å²) >= 11 is 8.06. The highest BCUT2D eigenvalue weighted by Gasteiger charge is 2.16. The number of hydrogen-bond acceptors (Lipinski definition) is 4. The molecule has 2 heterocycles. The maximum absolute atomic E-state index is 6.07. The number of hydrogen-bond donors (Lipinski definition) is 1. The molecular weight excluding hydrogens is 266 g/mol. The standard InChI is InChI=1S/C13H14ClN3S/c14-12-10-5-1-2-6-11(10)13(17-16-12)15-9-4-3-7-18-8-9/h1-2,5-6,9H,3-4,7-8H2,(H,15,17). The zero-order valence-corrected chi connectivity index (χ0v) is 11.5. The topological polar surface area (TPSA) is 37.8 Å². The predicted molar refractivity (Wildman–Crippen MR) is 78.5 cm³/mol. The van der Waals surface area contributed by atoms with Crippen LogP contribution in [0.3, 0.4) is 0 Å². The third kappa shape index (κ3) is 2.40. The summed E-state index contributed by atoms with van der Waals surface area (Å²) in [6.45, 7) is 0. The fourth-order valence-electron chi connectivity index (χ4n) is 2.23. The molecule has 0 saturated carbocycles. The number of aromatic nitrogens is 2. The van der Waals surface area contributed by atoms with E-state index >= 15 is 0 Å². The van der Waals surface area contributed by atoms with Gasteiger partial charge >= 0.3 is 0 Å². The lowest BCUT2D eigenvalue weighted by Crippen LogP contribution is -2.26. The summed E-state index contributed by atoms with van der Waals surface area (Å²) in [5.41, 5.74) is 0. The fourth-order valence-corrected chi connectivity index (χ4v) is 3.50. The molecule has 3 nitrogen and oxygen atoms in total. The zero-order chi connectivity index (χ0) is 12.4. The summed E-state index contributed by atoms with van der Waals surface area (Å²) in [5.74, 6) is 3.26. The average Bonchev–Trinajstić information content (AvgIpc) is 2.44. The average molecular weight is 280 g/mol. The summed E-state index contributed by atoms with van der Waals surface area (Å²) < 4.78 is 0. The van der Waals surface area contributed by atoms with Crippen molar-refractivity contribution in [3.8, 4) is 0 Å². The highest BCUT2D eigenvalue weighted by molar-refractivity contribution is 7.99. The lowest BCUT2D eigenvalue weighted by molar-refractivity contribution is 0.681. The molecule has 3 rings (SSSR count). The number of fused-ring (bicyclic) bond motifs is 1. The van der Waals surface area contributed by atoms with Gasteiger partial charge in [-0.3, -0.25) is 0 Å². The third-order valence-corrected chi connectivity index (χ3v) is 4.64. The van der Waals surface area contributed by atoms with E-state index in [0.29, 0.717) is 11.2 Å². The molecule has 1 aromatic heterocycles. The lowest BCUT2D eigenvalue weighted by atomic mass is 10.1. The number of nitrogens with zero attached hydrogens (tertiary/aromatic N) is 2. The number of nitrogens with one attached hydrogen (secondary N) is 1. The minimum atomic E-state index is 0.467. The van der Waals surface area contributed by atoms with E-state index in [0.717, 1.165) is 22.3 Å². The van der Waals surface area contributed by atoms with Crippen molar-refractivity contribution in [3.05, 3.63) is 29.4 Å². The molecule has 1 atom stereocenters. The lowest BCUT2D eigenvalue weighted by Gasteiger charge is -2.23.